The van der Waals surface area contributed by atoms with E-state index in [9.17, 15) is 9.59 Å². The molecule has 2 aromatic rings. The molecule has 172 valence electrons. The van der Waals surface area contributed by atoms with Gasteiger partial charge >= 0.3 is 0 Å². The van der Waals surface area contributed by atoms with Crippen molar-refractivity contribution in [1.82, 2.24) is 10.2 Å². The van der Waals surface area contributed by atoms with Gasteiger partial charge in [-0.2, -0.15) is 0 Å². The average Bonchev–Trinajstić information content (AvgIpc) is 2.79. The number of ether oxygens (including phenoxy) is 1. The van der Waals surface area contributed by atoms with Crippen molar-refractivity contribution < 1.29 is 14.3 Å². The summed E-state index contributed by atoms with van der Waals surface area (Å²) in [5.41, 5.74) is 3.46. The summed E-state index contributed by atoms with van der Waals surface area (Å²) >= 11 is 0. The van der Waals surface area contributed by atoms with Crippen LogP contribution in [0.3, 0.4) is 0 Å². The lowest BCUT2D eigenvalue weighted by Gasteiger charge is -2.26. The average molecular weight is 438 g/mol. The van der Waals surface area contributed by atoms with Crippen LogP contribution in [0.5, 0.6) is 0 Å². The third-order valence-electron chi connectivity index (χ3n) is 5.76. The highest BCUT2D eigenvalue weighted by atomic mass is 16.5. The van der Waals surface area contributed by atoms with E-state index in [1.165, 1.54) is 5.56 Å². The van der Waals surface area contributed by atoms with Gasteiger partial charge in [-0.1, -0.05) is 44.2 Å². The zero-order valence-corrected chi connectivity index (χ0v) is 19.4. The molecular weight excluding hydrogens is 402 g/mol. The van der Waals surface area contributed by atoms with Crippen molar-refractivity contribution in [3.63, 3.8) is 0 Å². The molecular formula is C26H35N3O3. The van der Waals surface area contributed by atoms with Crippen LogP contribution in [0.1, 0.15) is 41.8 Å². The first kappa shape index (κ1) is 24.0. The van der Waals surface area contributed by atoms with E-state index in [4.69, 9.17) is 4.74 Å². The molecule has 1 fully saturated rings. The molecule has 6 nitrogen and oxygen atoms in total. The maximum Gasteiger partial charge on any atom is 0.252 e. The van der Waals surface area contributed by atoms with Crippen molar-refractivity contribution in [2.45, 2.75) is 39.7 Å². The number of nitrogens with zero attached hydrogens (tertiary/aromatic N) is 1. The highest BCUT2D eigenvalue weighted by molar-refractivity contribution is 6.01. The Bertz CT molecular complexity index is 889. The van der Waals surface area contributed by atoms with Crippen LogP contribution in [0, 0.1) is 12.8 Å². The summed E-state index contributed by atoms with van der Waals surface area (Å²) in [6, 6.07) is 14.8. The zero-order valence-electron chi connectivity index (χ0n) is 19.4. The van der Waals surface area contributed by atoms with E-state index in [-0.39, 0.29) is 17.7 Å². The summed E-state index contributed by atoms with van der Waals surface area (Å²) in [5, 5.41) is 5.90. The van der Waals surface area contributed by atoms with Crippen LogP contribution in [-0.4, -0.2) is 55.6 Å². The van der Waals surface area contributed by atoms with Crippen molar-refractivity contribution in [3.05, 3.63) is 65.2 Å². The topological polar surface area (TPSA) is 70.7 Å². The summed E-state index contributed by atoms with van der Waals surface area (Å²) in [6.45, 7) is 10.6. The second-order valence-corrected chi connectivity index (χ2v) is 8.86. The van der Waals surface area contributed by atoms with Crippen LogP contribution < -0.4 is 10.6 Å². The minimum Gasteiger partial charge on any atom is -0.379 e. The first-order chi connectivity index (χ1) is 15.4. The van der Waals surface area contributed by atoms with Gasteiger partial charge in [0.2, 0.25) is 5.91 Å². The molecule has 1 unspecified atom stereocenters. The number of morpholine rings is 1. The standard InChI is InChI=1S/C26H35N3O3/c1-19(2)18-24(28-25(30)23-7-5-4-6-20(23)3)26(31)27-22-10-8-21(9-11-22)12-13-29-14-16-32-17-15-29/h4-11,19,24H,12-18H2,1-3H3,(H,27,31)(H,28,30). The van der Waals surface area contributed by atoms with Gasteiger partial charge in [0.1, 0.15) is 6.04 Å². The molecule has 2 N–H and O–H groups in total. The summed E-state index contributed by atoms with van der Waals surface area (Å²) in [4.78, 5) is 28.1. The third-order valence-corrected chi connectivity index (χ3v) is 5.76. The van der Waals surface area contributed by atoms with Crippen molar-refractivity contribution >= 4 is 17.5 Å². The Morgan fingerprint density at radius 3 is 2.38 bits per heavy atom. The Kier molecular flexibility index (Phi) is 8.82. The summed E-state index contributed by atoms with van der Waals surface area (Å²) in [5.74, 6) is -0.144. The minimum absolute atomic E-state index is 0.193. The summed E-state index contributed by atoms with van der Waals surface area (Å²) < 4.78 is 5.39. The van der Waals surface area contributed by atoms with Crippen molar-refractivity contribution in [2.24, 2.45) is 5.92 Å². The van der Waals surface area contributed by atoms with Gasteiger partial charge in [-0.15, -0.1) is 0 Å². The number of carbonyl (C=O) groups excluding carboxylic acids is 2. The van der Waals surface area contributed by atoms with Gasteiger partial charge in [-0.3, -0.25) is 14.5 Å². The fourth-order valence-electron chi connectivity index (χ4n) is 3.86. The molecule has 0 aliphatic carbocycles. The lowest BCUT2D eigenvalue weighted by molar-refractivity contribution is -0.118. The Morgan fingerprint density at radius 2 is 1.72 bits per heavy atom. The molecule has 1 atom stereocenters. The lowest BCUT2D eigenvalue weighted by Crippen LogP contribution is -2.44. The number of hydrogen-bond acceptors (Lipinski definition) is 4. The van der Waals surface area contributed by atoms with Gasteiger partial charge in [0.05, 0.1) is 13.2 Å². The van der Waals surface area contributed by atoms with Crippen LogP contribution in [0.25, 0.3) is 0 Å². The molecule has 0 saturated carbocycles. The fraction of sp³-hybridized carbons (Fsp3) is 0.462. The molecule has 1 aliphatic rings. The van der Waals surface area contributed by atoms with Gasteiger partial charge in [0.15, 0.2) is 0 Å². The van der Waals surface area contributed by atoms with Crippen molar-refractivity contribution in [2.75, 3.05) is 38.2 Å². The van der Waals surface area contributed by atoms with Gasteiger partial charge in [-0.05, 0) is 55.0 Å². The highest BCUT2D eigenvalue weighted by Crippen LogP contribution is 2.14. The predicted molar refractivity (Wildman–Crippen MR) is 128 cm³/mol. The smallest absolute Gasteiger partial charge is 0.252 e. The number of benzene rings is 2. The number of hydrogen-bond donors (Lipinski definition) is 2. The minimum atomic E-state index is -0.594. The van der Waals surface area contributed by atoms with E-state index in [1.807, 2.05) is 51.1 Å². The van der Waals surface area contributed by atoms with Gasteiger partial charge < -0.3 is 15.4 Å². The van der Waals surface area contributed by atoms with Crippen LogP contribution in [-0.2, 0) is 16.0 Å². The first-order valence-electron chi connectivity index (χ1n) is 11.5. The molecule has 3 rings (SSSR count). The molecule has 0 radical (unpaired) electrons. The molecule has 32 heavy (non-hydrogen) atoms. The Balaban J connectivity index is 1.57. The van der Waals surface area contributed by atoms with Crippen molar-refractivity contribution in [3.8, 4) is 0 Å². The van der Waals surface area contributed by atoms with Crippen LogP contribution in [0.4, 0.5) is 5.69 Å². The molecule has 6 heteroatoms. The molecule has 0 bridgehead atoms. The van der Waals surface area contributed by atoms with E-state index < -0.39 is 6.04 Å². The maximum atomic E-state index is 13.0. The maximum absolute atomic E-state index is 13.0. The zero-order chi connectivity index (χ0) is 22.9. The molecule has 2 aromatic carbocycles. The Morgan fingerprint density at radius 1 is 1.03 bits per heavy atom. The van der Waals surface area contributed by atoms with E-state index in [0.29, 0.717) is 12.0 Å². The lowest BCUT2D eigenvalue weighted by atomic mass is 10.0. The van der Waals surface area contributed by atoms with Crippen LogP contribution in [0.15, 0.2) is 48.5 Å². The number of aryl methyl sites for hydroxylation is 1. The second-order valence-electron chi connectivity index (χ2n) is 8.86. The summed E-state index contributed by atoms with van der Waals surface area (Å²) in [7, 11) is 0. The fourth-order valence-corrected chi connectivity index (χ4v) is 3.86. The molecule has 1 aliphatic heterocycles. The number of amides is 2. The summed E-state index contributed by atoms with van der Waals surface area (Å²) in [6.07, 6.45) is 1.54. The normalized spacial score (nSPS) is 15.4. The molecule has 0 spiro atoms. The third kappa shape index (κ3) is 7.18. The van der Waals surface area contributed by atoms with Crippen molar-refractivity contribution in [1.29, 1.82) is 0 Å². The largest absolute Gasteiger partial charge is 0.379 e. The number of carbonyl (C=O) groups is 2. The molecule has 1 saturated heterocycles. The second kappa shape index (κ2) is 11.8. The highest BCUT2D eigenvalue weighted by Gasteiger charge is 2.23. The molecule has 2 amide bonds. The monoisotopic (exact) mass is 437 g/mol. The van der Waals surface area contributed by atoms with Crippen LogP contribution >= 0.6 is 0 Å². The number of rotatable bonds is 9. The van der Waals surface area contributed by atoms with Gasteiger partial charge in [-0.25, -0.2) is 0 Å². The van der Waals surface area contributed by atoms with E-state index in [1.54, 1.807) is 6.07 Å². The number of anilines is 1. The molecule has 1 heterocycles. The van der Waals surface area contributed by atoms with Gasteiger partial charge in [0.25, 0.3) is 5.91 Å². The number of nitrogens with one attached hydrogen (secondary N) is 2. The molecule has 0 aromatic heterocycles. The van der Waals surface area contributed by atoms with Gasteiger partial charge in [0, 0.05) is 30.9 Å². The quantitative estimate of drug-likeness (QED) is 0.628. The van der Waals surface area contributed by atoms with E-state index in [2.05, 4.69) is 27.7 Å². The SMILES string of the molecule is Cc1ccccc1C(=O)NC(CC(C)C)C(=O)Nc1ccc(CCN2CCOCC2)cc1. The van der Waals surface area contributed by atoms with E-state index in [0.717, 1.165) is 50.5 Å². The van der Waals surface area contributed by atoms with E-state index >= 15 is 0 Å². The first-order valence-corrected chi connectivity index (χ1v) is 11.5. The van der Waals surface area contributed by atoms with Crippen LogP contribution in [0.2, 0.25) is 0 Å². The Hall–Kier alpha value is -2.70. The predicted octanol–water partition coefficient (Wildman–Crippen LogP) is 3.65. The Labute approximate surface area is 191 Å².